The van der Waals surface area contributed by atoms with E-state index in [0.717, 1.165) is 17.5 Å². The van der Waals surface area contributed by atoms with Gasteiger partial charge in [-0.05, 0) is 18.6 Å². The van der Waals surface area contributed by atoms with Crippen LogP contribution in [-0.2, 0) is 22.7 Å². The number of carbonyl (C=O) groups is 2. The first-order valence-corrected chi connectivity index (χ1v) is 7.63. The highest BCUT2D eigenvalue weighted by molar-refractivity contribution is 5.81. The Labute approximate surface area is 129 Å². The molecule has 1 aromatic carbocycles. The summed E-state index contributed by atoms with van der Waals surface area (Å²) < 4.78 is 1.86. The van der Waals surface area contributed by atoms with E-state index in [9.17, 15) is 9.59 Å². The number of benzene rings is 1. The van der Waals surface area contributed by atoms with Crippen LogP contribution in [0.3, 0.4) is 0 Å². The standard InChI is InChI=1S/C16H22N4O2/c1-3-9-17-16(22)11-20-13-8-6-5-7-12(13)19-14(20)10-18-15(21)4-2/h5-8H,3-4,9-11H2,1-2H3,(H,17,22)(H,18,21). The molecule has 0 fully saturated rings. The van der Waals surface area contributed by atoms with Crippen LogP contribution in [0.5, 0.6) is 0 Å². The fourth-order valence-electron chi connectivity index (χ4n) is 2.20. The third-order valence-electron chi connectivity index (χ3n) is 3.37. The van der Waals surface area contributed by atoms with Gasteiger partial charge in [-0.1, -0.05) is 26.0 Å². The van der Waals surface area contributed by atoms with Gasteiger partial charge in [0.15, 0.2) is 0 Å². The van der Waals surface area contributed by atoms with Crippen molar-refractivity contribution in [2.24, 2.45) is 0 Å². The van der Waals surface area contributed by atoms with Gasteiger partial charge in [0, 0.05) is 13.0 Å². The van der Waals surface area contributed by atoms with Crippen molar-refractivity contribution in [2.45, 2.75) is 39.8 Å². The zero-order valence-corrected chi connectivity index (χ0v) is 13.1. The van der Waals surface area contributed by atoms with E-state index in [-0.39, 0.29) is 18.4 Å². The van der Waals surface area contributed by atoms with Crippen LogP contribution in [0.2, 0.25) is 0 Å². The Kier molecular flexibility index (Phi) is 5.52. The molecule has 0 saturated heterocycles. The quantitative estimate of drug-likeness (QED) is 0.815. The summed E-state index contributed by atoms with van der Waals surface area (Å²) in [5.41, 5.74) is 1.72. The van der Waals surface area contributed by atoms with Crippen molar-refractivity contribution in [3.63, 3.8) is 0 Å². The first-order valence-electron chi connectivity index (χ1n) is 7.63. The summed E-state index contributed by atoms with van der Waals surface area (Å²) in [5.74, 6) is 0.608. The number of hydrogen-bond acceptors (Lipinski definition) is 3. The molecule has 0 saturated carbocycles. The Balaban J connectivity index is 2.23. The van der Waals surface area contributed by atoms with Gasteiger partial charge in [-0.3, -0.25) is 9.59 Å². The second kappa shape index (κ2) is 7.59. The maximum absolute atomic E-state index is 12.0. The topological polar surface area (TPSA) is 76.0 Å². The normalized spacial score (nSPS) is 10.6. The molecule has 2 aromatic rings. The third kappa shape index (κ3) is 3.84. The number of fused-ring (bicyclic) bond motifs is 1. The van der Waals surface area contributed by atoms with Crippen LogP contribution in [-0.4, -0.2) is 27.9 Å². The van der Waals surface area contributed by atoms with Gasteiger partial charge >= 0.3 is 0 Å². The highest BCUT2D eigenvalue weighted by atomic mass is 16.2. The predicted octanol–water partition coefficient (Wildman–Crippen LogP) is 1.59. The molecule has 118 valence electrons. The van der Waals surface area contributed by atoms with Gasteiger partial charge in [-0.15, -0.1) is 0 Å². The Bertz CT molecular complexity index is 663. The highest BCUT2D eigenvalue weighted by Crippen LogP contribution is 2.16. The molecule has 6 nitrogen and oxygen atoms in total. The lowest BCUT2D eigenvalue weighted by atomic mass is 10.3. The number of nitrogens with one attached hydrogen (secondary N) is 2. The molecule has 1 aromatic heterocycles. The largest absolute Gasteiger partial charge is 0.355 e. The van der Waals surface area contributed by atoms with Gasteiger partial charge < -0.3 is 15.2 Å². The van der Waals surface area contributed by atoms with E-state index in [2.05, 4.69) is 15.6 Å². The maximum atomic E-state index is 12.0. The Morgan fingerprint density at radius 1 is 1.14 bits per heavy atom. The Morgan fingerprint density at radius 2 is 1.91 bits per heavy atom. The molecule has 2 N–H and O–H groups in total. The van der Waals surface area contributed by atoms with E-state index in [4.69, 9.17) is 0 Å². The zero-order valence-electron chi connectivity index (χ0n) is 13.1. The minimum Gasteiger partial charge on any atom is -0.355 e. The van der Waals surface area contributed by atoms with Crippen molar-refractivity contribution in [3.05, 3.63) is 30.1 Å². The molecule has 1 heterocycles. The smallest absolute Gasteiger partial charge is 0.240 e. The van der Waals surface area contributed by atoms with Crippen molar-refractivity contribution in [1.82, 2.24) is 20.2 Å². The fourth-order valence-corrected chi connectivity index (χ4v) is 2.20. The number of nitrogens with zero attached hydrogens (tertiary/aromatic N) is 2. The van der Waals surface area contributed by atoms with Crippen molar-refractivity contribution in [1.29, 1.82) is 0 Å². The van der Waals surface area contributed by atoms with Gasteiger partial charge in [0.05, 0.1) is 17.6 Å². The minimum atomic E-state index is -0.0481. The number of para-hydroxylation sites is 2. The minimum absolute atomic E-state index is 0.0333. The second-order valence-electron chi connectivity index (χ2n) is 5.08. The highest BCUT2D eigenvalue weighted by Gasteiger charge is 2.13. The van der Waals surface area contributed by atoms with Gasteiger partial charge in [-0.25, -0.2) is 4.98 Å². The lowest BCUT2D eigenvalue weighted by Crippen LogP contribution is -2.30. The summed E-state index contributed by atoms with van der Waals surface area (Å²) in [4.78, 5) is 28.0. The van der Waals surface area contributed by atoms with Crippen LogP contribution >= 0.6 is 0 Å². The molecule has 0 spiro atoms. The van der Waals surface area contributed by atoms with Crippen molar-refractivity contribution >= 4 is 22.8 Å². The lowest BCUT2D eigenvalue weighted by molar-refractivity contribution is -0.121. The average Bonchev–Trinajstić information content (AvgIpc) is 2.88. The second-order valence-corrected chi connectivity index (χ2v) is 5.08. The number of hydrogen-bond donors (Lipinski definition) is 2. The average molecular weight is 302 g/mol. The lowest BCUT2D eigenvalue weighted by Gasteiger charge is -2.10. The van der Waals surface area contributed by atoms with Crippen LogP contribution in [0.1, 0.15) is 32.5 Å². The molecule has 0 unspecified atom stereocenters. The molecule has 2 rings (SSSR count). The van der Waals surface area contributed by atoms with Crippen LogP contribution in [0.15, 0.2) is 24.3 Å². The van der Waals surface area contributed by atoms with E-state index in [1.54, 1.807) is 6.92 Å². The van der Waals surface area contributed by atoms with Gasteiger partial charge in [0.1, 0.15) is 12.4 Å². The maximum Gasteiger partial charge on any atom is 0.240 e. The molecule has 0 bridgehead atoms. The monoisotopic (exact) mass is 302 g/mol. The van der Waals surface area contributed by atoms with E-state index < -0.39 is 0 Å². The van der Waals surface area contributed by atoms with E-state index >= 15 is 0 Å². The summed E-state index contributed by atoms with van der Waals surface area (Å²) in [6, 6.07) is 7.66. The van der Waals surface area contributed by atoms with E-state index in [0.29, 0.717) is 25.3 Å². The van der Waals surface area contributed by atoms with Crippen LogP contribution < -0.4 is 10.6 Å². The van der Waals surface area contributed by atoms with Crippen LogP contribution in [0.4, 0.5) is 0 Å². The van der Waals surface area contributed by atoms with Crippen molar-refractivity contribution < 1.29 is 9.59 Å². The molecule has 0 aliphatic rings. The van der Waals surface area contributed by atoms with E-state index in [1.165, 1.54) is 0 Å². The summed E-state index contributed by atoms with van der Waals surface area (Å²) >= 11 is 0. The summed E-state index contributed by atoms with van der Waals surface area (Å²) in [6.45, 7) is 5.00. The van der Waals surface area contributed by atoms with E-state index in [1.807, 2.05) is 35.8 Å². The van der Waals surface area contributed by atoms with Crippen LogP contribution in [0.25, 0.3) is 11.0 Å². The summed E-state index contributed by atoms with van der Waals surface area (Å²) in [5, 5.41) is 5.68. The predicted molar refractivity (Wildman–Crippen MR) is 85.2 cm³/mol. The SMILES string of the molecule is CCCNC(=O)Cn1c(CNC(=O)CC)nc2ccccc21. The number of carbonyl (C=O) groups excluding carboxylic acids is 2. The number of imidazole rings is 1. The van der Waals surface area contributed by atoms with Gasteiger partial charge in [0.2, 0.25) is 11.8 Å². The first-order chi connectivity index (χ1) is 10.7. The number of rotatable bonds is 7. The first kappa shape index (κ1) is 16.0. The molecule has 22 heavy (non-hydrogen) atoms. The number of amides is 2. The van der Waals surface area contributed by atoms with Crippen molar-refractivity contribution in [3.8, 4) is 0 Å². The van der Waals surface area contributed by atoms with Gasteiger partial charge in [-0.2, -0.15) is 0 Å². The summed E-state index contributed by atoms with van der Waals surface area (Å²) in [6.07, 6.45) is 1.33. The van der Waals surface area contributed by atoms with Crippen LogP contribution in [0, 0.1) is 0 Å². The molecule has 0 aliphatic carbocycles. The molecular formula is C16H22N4O2. The fraction of sp³-hybridized carbons (Fsp3) is 0.438. The molecule has 6 heteroatoms. The molecular weight excluding hydrogens is 280 g/mol. The molecule has 0 aliphatic heterocycles. The Hall–Kier alpha value is -2.37. The van der Waals surface area contributed by atoms with Gasteiger partial charge in [0.25, 0.3) is 0 Å². The zero-order chi connectivity index (χ0) is 15.9. The van der Waals surface area contributed by atoms with Crippen molar-refractivity contribution in [2.75, 3.05) is 6.54 Å². The molecule has 2 amide bonds. The third-order valence-corrected chi connectivity index (χ3v) is 3.37. The number of aromatic nitrogens is 2. The molecule has 0 radical (unpaired) electrons. The Morgan fingerprint density at radius 3 is 2.64 bits per heavy atom. The summed E-state index contributed by atoms with van der Waals surface area (Å²) in [7, 11) is 0. The molecule has 0 atom stereocenters.